The molecule has 0 saturated heterocycles. The number of aryl methyl sites for hydroxylation is 1. The van der Waals surface area contributed by atoms with Gasteiger partial charge in [0.15, 0.2) is 5.78 Å². The van der Waals surface area contributed by atoms with Crippen LogP contribution in [-0.2, 0) is 0 Å². The van der Waals surface area contributed by atoms with Gasteiger partial charge < -0.3 is 10.5 Å². The van der Waals surface area contributed by atoms with Crippen molar-refractivity contribution >= 4 is 11.5 Å². The summed E-state index contributed by atoms with van der Waals surface area (Å²) in [6.45, 7) is 3.35. The fourth-order valence-electron chi connectivity index (χ4n) is 1.84. The van der Waals surface area contributed by atoms with Crippen LogP contribution in [0.15, 0.2) is 36.4 Å². The van der Waals surface area contributed by atoms with E-state index in [1.54, 1.807) is 30.3 Å². The Hall–Kier alpha value is -2.80. The first-order valence-electron chi connectivity index (χ1n) is 6.10. The molecule has 2 aromatic rings. The van der Waals surface area contributed by atoms with Crippen LogP contribution in [0.1, 0.15) is 28.4 Å². The third-order valence-corrected chi connectivity index (χ3v) is 2.86. The highest BCUT2D eigenvalue weighted by Gasteiger charge is 2.12. The van der Waals surface area contributed by atoms with Gasteiger partial charge in [0.05, 0.1) is 11.1 Å². The number of nitrogens with zero attached hydrogens (tertiary/aromatic N) is 1. The van der Waals surface area contributed by atoms with Crippen molar-refractivity contribution in [2.75, 3.05) is 5.73 Å². The molecule has 0 aliphatic carbocycles. The van der Waals surface area contributed by atoms with Gasteiger partial charge in [0.1, 0.15) is 17.6 Å². The summed E-state index contributed by atoms with van der Waals surface area (Å²) in [4.78, 5) is 11.6. The van der Waals surface area contributed by atoms with E-state index in [0.29, 0.717) is 28.3 Å². The number of Topliss-reactive ketones (excluding diaryl/α,β-unsaturated/α-hetero) is 1. The Morgan fingerprint density at radius 2 is 1.95 bits per heavy atom. The summed E-state index contributed by atoms with van der Waals surface area (Å²) in [6, 6.07) is 12.2. The third kappa shape index (κ3) is 2.78. The molecule has 0 atom stereocenters. The standard InChI is InChI=1S/C16H14N2O2/c1-10-3-4-12(9-17)16(7-10)20-15-6-5-13(18)8-14(15)11(2)19/h3-8H,18H2,1-2H3. The van der Waals surface area contributed by atoms with E-state index in [9.17, 15) is 4.79 Å². The van der Waals surface area contributed by atoms with Gasteiger partial charge in [-0.2, -0.15) is 5.26 Å². The number of nitriles is 1. The van der Waals surface area contributed by atoms with Crippen LogP contribution < -0.4 is 10.5 Å². The van der Waals surface area contributed by atoms with Crippen molar-refractivity contribution in [2.24, 2.45) is 0 Å². The van der Waals surface area contributed by atoms with Crippen LogP contribution in [0.25, 0.3) is 0 Å². The van der Waals surface area contributed by atoms with Crippen LogP contribution in [0.5, 0.6) is 11.5 Å². The molecule has 0 unspecified atom stereocenters. The van der Waals surface area contributed by atoms with E-state index in [4.69, 9.17) is 15.7 Å². The molecule has 2 aromatic carbocycles. The van der Waals surface area contributed by atoms with Crippen LogP contribution in [-0.4, -0.2) is 5.78 Å². The first-order valence-corrected chi connectivity index (χ1v) is 6.10. The van der Waals surface area contributed by atoms with E-state index in [1.807, 2.05) is 13.0 Å². The van der Waals surface area contributed by atoms with Gasteiger partial charge in [-0.05, 0) is 49.7 Å². The van der Waals surface area contributed by atoms with E-state index >= 15 is 0 Å². The third-order valence-electron chi connectivity index (χ3n) is 2.86. The average molecular weight is 266 g/mol. The smallest absolute Gasteiger partial charge is 0.163 e. The van der Waals surface area contributed by atoms with Gasteiger partial charge in [-0.3, -0.25) is 4.79 Å². The predicted molar refractivity (Wildman–Crippen MR) is 76.8 cm³/mol. The second-order valence-electron chi connectivity index (χ2n) is 4.53. The maximum atomic E-state index is 11.6. The molecule has 0 amide bonds. The van der Waals surface area contributed by atoms with Crippen LogP contribution >= 0.6 is 0 Å². The van der Waals surface area contributed by atoms with Crippen molar-refractivity contribution in [3.63, 3.8) is 0 Å². The van der Waals surface area contributed by atoms with Crippen LogP contribution in [0.3, 0.4) is 0 Å². The largest absolute Gasteiger partial charge is 0.455 e. The number of anilines is 1. The number of hydrogen-bond donors (Lipinski definition) is 1. The summed E-state index contributed by atoms with van der Waals surface area (Å²) in [5.41, 5.74) is 7.96. The van der Waals surface area contributed by atoms with Crippen molar-refractivity contribution in [1.82, 2.24) is 0 Å². The molecule has 0 heterocycles. The molecular weight excluding hydrogens is 252 g/mol. The zero-order valence-electron chi connectivity index (χ0n) is 11.3. The van der Waals surface area contributed by atoms with Crippen molar-refractivity contribution in [2.45, 2.75) is 13.8 Å². The van der Waals surface area contributed by atoms with Gasteiger partial charge in [-0.25, -0.2) is 0 Å². The Morgan fingerprint density at radius 3 is 2.60 bits per heavy atom. The number of nitrogens with two attached hydrogens (primary N) is 1. The minimum atomic E-state index is -0.140. The zero-order valence-corrected chi connectivity index (χ0v) is 11.3. The molecule has 0 spiro atoms. The number of hydrogen-bond acceptors (Lipinski definition) is 4. The van der Waals surface area contributed by atoms with Gasteiger partial charge in [0, 0.05) is 5.69 Å². The van der Waals surface area contributed by atoms with Crippen molar-refractivity contribution < 1.29 is 9.53 Å². The minimum absolute atomic E-state index is 0.140. The quantitative estimate of drug-likeness (QED) is 0.682. The molecule has 0 bridgehead atoms. The number of carbonyl (C=O) groups excluding carboxylic acids is 1. The minimum Gasteiger partial charge on any atom is -0.455 e. The number of ether oxygens (including phenoxy) is 1. The van der Waals surface area contributed by atoms with Crippen molar-refractivity contribution in [3.8, 4) is 17.6 Å². The fourth-order valence-corrected chi connectivity index (χ4v) is 1.84. The van der Waals surface area contributed by atoms with Crippen LogP contribution in [0.2, 0.25) is 0 Å². The maximum Gasteiger partial charge on any atom is 0.163 e. The van der Waals surface area contributed by atoms with Gasteiger partial charge in [0.25, 0.3) is 0 Å². The lowest BCUT2D eigenvalue weighted by molar-refractivity contribution is 0.101. The molecule has 0 fully saturated rings. The SMILES string of the molecule is CC(=O)c1cc(N)ccc1Oc1cc(C)ccc1C#N. The van der Waals surface area contributed by atoms with Crippen LogP contribution in [0.4, 0.5) is 5.69 Å². The predicted octanol–water partition coefficient (Wildman–Crippen LogP) is 3.44. The van der Waals surface area contributed by atoms with Gasteiger partial charge in [-0.1, -0.05) is 6.07 Å². The van der Waals surface area contributed by atoms with E-state index < -0.39 is 0 Å². The molecule has 0 saturated carbocycles. The van der Waals surface area contributed by atoms with Gasteiger partial charge in [-0.15, -0.1) is 0 Å². The lowest BCUT2D eigenvalue weighted by Crippen LogP contribution is -2.00. The normalized spacial score (nSPS) is 9.85. The van der Waals surface area contributed by atoms with Gasteiger partial charge >= 0.3 is 0 Å². The summed E-state index contributed by atoms with van der Waals surface area (Å²) < 4.78 is 5.73. The Bertz CT molecular complexity index is 715. The van der Waals surface area contributed by atoms with E-state index in [1.165, 1.54) is 6.92 Å². The summed E-state index contributed by atoms with van der Waals surface area (Å²) in [7, 11) is 0. The second kappa shape index (κ2) is 5.45. The summed E-state index contributed by atoms with van der Waals surface area (Å²) in [5, 5.41) is 9.09. The molecular formula is C16H14N2O2. The molecule has 0 aliphatic rings. The second-order valence-corrected chi connectivity index (χ2v) is 4.53. The van der Waals surface area contributed by atoms with E-state index in [-0.39, 0.29) is 5.78 Å². The fraction of sp³-hybridized carbons (Fsp3) is 0.125. The number of nitrogen functional groups attached to an aromatic ring is 1. The Kier molecular flexibility index (Phi) is 3.72. The number of rotatable bonds is 3. The Labute approximate surface area is 117 Å². The lowest BCUT2D eigenvalue weighted by atomic mass is 10.1. The van der Waals surface area contributed by atoms with Crippen LogP contribution in [0, 0.1) is 18.3 Å². The Balaban J connectivity index is 2.48. The highest BCUT2D eigenvalue weighted by Crippen LogP contribution is 2.30. The van der Waals surface area contributed by atoms with Crippen molar-refractivity contribution in [1.29, 1.82) is 5.26 Å². The Morgan fingerprint density at radius 1 is 1.20 bits per heavy atom. The van der Waals surface area contributed by atoms with E-state index in [2.05, 4.69) is 6.07 Å². The average Bonchev–Trinajstić information content (AvgIpc) is 2.41. The molecule has 2 rings (SSSR count). The first kappa shape index (κ1) is 13.6. The molecule has 100 valence electrons. The molecule has 0 aromatic heterocycles. The molecule has 20 heavy (non-hydrogen) atoms. The van der Waals surface area contributed by atoms with E-state index in [0.717, 1.165) is 5.56 Å². The maximum absolute atomic E-state index is 11.6. The molecule has 0 aliphatic heterocycles. The van der Waals surface area contributed by atoms with Gasteiger partial charge in [0.2, 0.25) is 0 Å². The first-order chi connectivity index (χ1) is 9.51. The lowest BCUT2D eigenvalue weighted by Gasteiger charge is -2.11. The highest BCUT2D eigenvalue weighted by atomic mass is 16.5. The molecule has 4 heteroatoms. The summed E-state index contributed by atoms with van der Waals surface area (Å²) in [6.07, 6.45) is 0. The molecule has 2 N–H and O–H groups in total. The zero-order chi connectivity index (χ0) is 14.7. The summed E-state index contributed by atoms with van der Waals surface area (Å²) >= 11 is 0. The topological polar surface area (TPSA) is 76.1 Å². The molecule has 0 radical (unpaired) electrons. The van der Waals surface area contributed by atoms with Crippen molar-refractivity contribution in [3.05, 3.63) is 53.1 Å². The number of benzene rings is 2. The summed E-state index contributed by atoms with van der Waals surface area (Å²) in [5.74, 6) is 0.687. The number of carbonyl (C=O) groups is 1. The highest BCUT2D eigenvalue weighted by molar-refractivity contribution is 5.97. The molecule has 4 nitrogen and oxygen atoms in total. The number of ketones is 1. The monoisotopic (exact) mass is 266 g/mol.